The van der Waals surface area contributed by atoms with Crippen molar-refractivity contribution in [2.75, 3.05) is 9.80 Å². The lowest BCUT2D eigenvalue weighted by atomic mass is 9.37. The maximum Gasteiger partial charge on any atom is 0.248 e. The largest absolute Gasteiger partial charge is 0.456 e. The molecular weight excluding hydrogens is 759 g/mol. The molecule has 0 amide bonds. The number of anilines is 5. The Morgan fingerprint density at radius 2 is 1.08 bits per heavy atom. The Bertz CT molecular complexity index is 3800. The molecule has 0 radical (unpaired) electrons. The third kappa shape index (κ3) is 3.90. The lowest BCUT2D eigenvalue weighted by Crippen LogP contribution is -2.55. The quantitative estimate of drug-likeness (QED) is 0.163. The standard InChI is InChI=1S/C56H39BN2O3/c1-55-28-11-12-29-56(55,2)59(40-18-7-6-17-37(40)55)32-30-36-49-38(24-26-47-51(49)34-15-4-9-21-44(34)61-47)57-39-25-27-48-52(35-16-5-10-22-45(35)62-48)54(39)58(42(31-32)53(36)57)41-19-13-23-46-50(41)33-14-3-8-20-43(33)60-46/h3-10,13-27,30-31H,11-12,28-29H2,1-2H3. The number of hydrogen-bond acceptors (Lipinski definition) is 5. The van der Waals surface area contributed by atoms with Crippen molar-refractivity contribution in [2.45, 2.75) is 50.5 Å². The number of para-hydroxylation sites is 4. The van der Waals surface area contributed by atoms with E-state index in [1.54, 1.807) is 0 Å². The highest BCUT2D eigenvalue weighted by Crippen LogP contribution is 2.62. The van der Waals surface area contributed by atoms with Crippen LogP contribution in [0.25, 0.3) is 76.9 Å². The van der Waals surface area contributed by atoms with Gasteiger partial charge in [0.15, 0.2) is 0 Å². The van der Waals surface area contributed by atoms with E-state index >= 15 is 0 Å². The Balaban J connectivity index is 1.14. The van der Waals surface area contributed by atoms with Gasteiger partial charge in [-0.25, -0.2) is 0 Å². The molecule has 5 nitrogen and oxygen atoms in total. The Kier molecular flexibility index (Phi) is 6.16. The second kappa shape index (κ2) is 11.4. The monoisotopic (exact) mass is 798 g/mol. The fourth-order valence-electron chi connectivity index (χ4n) is 13.0. The predicted molar refractivity (Wildman–Crippen MR) is 256 cm³/mol. The van der Waals surface area contributed by atoms with Crippen LogP contribution in [0.5, 0.6) is 0 Å². The van der Waals surface area contributed by atoms with E-state index in [1.165, 1.54) is 74.8 Å². The highest BCUT2D eigenvalue weighted by molar-refractivity contribution is 7.02. The molecule has 2 unspecified atom stereocenters. The summed E-state index contributed by atoms with van der Waals surface area (Å²) in [6, 6.07) is 55.6. The molecule has 6 heterocycles. The average Bonchev–Trinajstić information content (AvgIpc) is 4.10. The third-order valence-corrected chi connectivity index (χ3v) is 15.8. The Morgan fingerprint density at radius 3 is 1.84 bits per heavy atom. The fourth-order valence-corrected chi connectivity index (χ4v) is 13.0. The van der Waals surface area contributed by atoms with Gasteiger partial charge in [-0.1, -0.05) is 116 Å². The van der Waals surface area contributed by atoms with Gasteiger partial charge < -0.3 is 23.1 Å². The van der Waals surface area contributed by atoms with Crippen LogP contribution in [-0.4, -0.2) is 12.3 Å². The van der Waals surface area contributed by atoms with Gasteiger partial charge in [0.1, 0.15) is 33.5 Å². The van der Waals surface area contributed by atoms with Gasteiger partial charge in [-0.3, -0.25) is 0 Å². The molecule has 0 spiro atoms. The minimum absolute atomic E-state index is 0.00200. The summed E-state index contributed by atoms with van der Waals surface area (Å²) < 4.78 is 20.1. The molecule has 62 heavy (non-hydrogen) atoms. The van der Waals surface area contributed by atoms with Crippen molar-refractivity contribution in [2.24, 2.45) is 0 Å². The molecule has 1 saturated carbocycles. The Morgan fingerprint density at radius 1 is 0.500 bits per heavy atom. The van der Waals surface area contributed by atoms with Crippen LogP contribution in [0.15, 0.2) is 165 Å². The van der Waals surface area contributed by atoms with E-state index in [9.17, 15) is 0 Å². The zero-order valence-electron chi connectivity index (χ0n) is 34.5. The molecule has 1 fully saturated rings. The lowest BCUT2D eigenvalue weighted by Gasteiger charge is -2.50. The van der Waals surface area contributed by atoms with Gasteiger partial charge in [-0.05, 0) is 108 Å². The minimum atomic E-state index is -0.128. The van der Waals surface area contributed by atoms with Crippen LogP contribution < -0.4 is 26.2 Å². The zero-order chi connectivity index (χ0) is 40.6. The molecule has 2 atom stereocenters. The summed E-state index contributed by atoms with van der Waals surface area (Å²) in [7, 11) is 0. The molecule has 6 heteroatoms. The van der Waals surface area contributed by atoms with E-state index in [1.807, 2.05) is 0 Å². The van der Waals surface area contributed by atoms with Gasteiger partial charge in [-0.15, -0.1) is 0 Å². The van der Waals surface area contributed by atoms with Crippen LogP contribution >= 0.6 is 0 Å². The Hall–Kier alpha value is -7.18. The lowest BCUT2D eigenvalue weighted by molar-refractivity contribution is 0.195. The topological polar surface area (TPSA) is 45.9 Å². The molecule has 294 valence electrons. The molecule has 11 aromatic rings. The number of nitrogens with zero attached hydrogens (tertiary/aromatic N) is 2. The fraction of sp³-hybridized carbons (Fsp3) is 0.143. The number of hydrogen-bond donors (Lipinski definition) is 0. The summed E-state index contributed by atoms with van der Waals surface area (Å²) in [5, 5.41) is 6.79. The van der Waals surface area contributed by atoms with Gasteiger partial charge in [0, 0.05) is 44.0 Å². The summed E-state index contributed by atoms with van der Waals surface area (Å²) in [4.78, 5) is 5.33. The van der Waals surface area contributed by atoms with Gasteiger partial charge in [0.05, 0.1) is 27.7 Å². The number of furan rings is 3. The molecule has 0 N–H and O–H groups in total. The first-order valence-electron chi connectivity index (χ1n) is 22.2. The SMILES string of the molecule is CC12CCCCC1(C)N(c1cc3c4c(c1)N(c1cccc5oc6ccccc6c15)c1c(ccc5oc6ccccc6c15)B4c1ccc4oc5ccccc5c4c1-3)c1ccccc12. The molecule has 4 aliphatic rings. The normalized spacial score (nSPS) is 19.9. The summed E-state index contributed by atoms with van der Waals surface area (Å²) in [5.74, 6) is 0. The zero-order valence-corrected chi connectivity index (χ0v) is 34.5. The molecule has 0 bridgehead atoms. The van der Waals surface area contributed by atoms with E-state index in [2.05, 4.69) is 175 Å². The van der Waals surface area contributed by atoms with Crippen LogP contribution in [0.2, 0.25) is 0 Å². The van der Waals surface area contributed by atoms with Crippen LogP contribution in [0.3, 0.4) is 0 Å². The van der Waals surface area contributed by atoms with Crippen molar-refractivity contribution in [3.8, 4) is 11.1 Å². The maximum absolute atomic E-state index is 6.74. The highest BCUT2D eigenvalue weighted by Gasteiger charge is 2.58. The third-order valence-electron chi connectivity index (χ3n) is 15.8. The molecular formula is C56H39BN2O3. The number of rotatable bonds is 2. The van der Waals surface area contributed by atoms with Crippen molar-refractivity contribution in [1.29, 1.82) is 0 Å². The summed E-state index contributed by atoms with van der Waals surface area (Å²) in [5.41, 5.74) is 19.1. The van der Waals surface area contributed by atoms with Crippen molar-refractivity contribution in [3.63, 3.8) is 0 Å². The number of benzene rings is 8. The smallest absolute Gasteiger partial charge is 0.248 e. The van der Waals surface area contributed by atoms with Crippen molar-refractivity contribution < 1.29 is 13.3 Å². The minimum Gasteiger partial charge on any atom is -0.456 e. The van der Waals surface area contributed by atoms with Gasteiger partial charge in [0.2, 0.25) is 6.71 Å². The van der Waals surface area contributed by atoms with Crippen LogP contribution in [0, 0.1) is 0 Å². The predicted octanol–water partition coefficient (Wildman–Crippen LogP) is 13.4. The van der Waals surface area contributed by atoms with Gasteiger partial charge in [0.25, 0.3) is 0 Å². The van der Waals surface area contributed by atoms with E-state index in [4.69, 9.17) is 13.3 Å². The van der Waals surface area contributed by atoms with E-state index in [0.29, 0.717) is 0 Å². The molecule has 8 aromatic carbocycles. The maximum atomic E-state index is 6.74. The molecule has 3 aliphatic heterocycles. The summed E-state index contributed by atoms with van der Waals surface area (Å²) >= 11 is 0. The highest BCUT2D eigenvalue weighted by atomic mass is 16.3. The second-order valence-electron chi connectivity index (χ2n) is 18.6. The molecule has 1 aliphatic carbocycles. The van der Waals surface area contributed by atoms with Gasteiger partial charge in [-0.2, -0.15) is 0 Å². The number of fused-ring (bicyclic) bond motifs is 19. The van der Waals surface area contributed by atoms with E-state index in [0.717, 1.165) is 78.2 Å². The summed E-state index contributed by atoms with van der Waals surface area (Å²) in [6.07, 6.45) is 4.74. The molecule has 15 rings (SSSR count). The Labute approximate surface area is 357 Å². The summed E-state index contributed by atoms with van der Waals surface area (Å²) in [6.45, 7) is 5.05. The van der Waals surface area contributed by atoms with Crippen LogP contribution in [0.1, 0.15) is 45.1 Å². The van der Waals surface area contributed by atoms with E-state index < -0.39 is 0 Å². The first-order valence-corrected chi connectivity index (χ1v) is 22.2. The van der Waals surface area contributed by atoms with Crippen LogP contribution in [0.4, 0.5) is 28.4 Å². The first-order chi connectivity index (χ1) is 30.5. The van der Waals surface area contributed by atoms with Gasteiger partial charge >= 0.3 is 0 Å². The average molecular weight is 799 g/mol. The van der Waals surface area contributed by atoms with Crippen molar-refractivity contribution in [1.82, 2.24) is 0 Å². The molecule has 3 aromatic heterocycles. The second-order valence-corrected chi connectivity index (χ2v) is 18.6. The van der Waals surface area contributed by atoms with Crippen molar-refractivity contribution in [3.05, 3.63) is 157 Å². The van der Waals surface area contributed by atoms with Crippen LogP contribution in [-0.2, 0) is 5.41 Å². The van der Waals surface area contributed by atoms with E-state index in [-0.39, 0.29) is 17.7 Å². The van der Waals surface area contributed by atoms with Crippen molar-refractivity contribution >= 4 is 117 Å². The first kappa shape index (κ1) is 33.5. The molecule has 0 saturated heterocycles.